The summed E-state index contributed by atoms with van der Waals surface area (Å²) in [6, 6.07) is 1.19. The number of carbonyl (C=O) groups is 4. The quantitative estimate of drug-likeness (QED) is 0.597. The zero-order valence-electron chi connectivity index (χ0n) is 12.0. The van der Waals surface area contributed by atoms with Gasteiger partial charge in [-0.15, -0.1) is 11.3 Å². The number of urea groups is 1. The van der Waals surface area contributed by atoms with Gasteiger partial charge in [0.15, 0.2) is 0 Å². The molecule has 1 saturated heterocycles. The van der Waals surface area contributed by atoms with E-state index in [4.69, 9.17) is 0 Å². The molecule has 0 unspecified atom stereocenters. The van der Waals surface area contributed by atoms with Gasteiger partial charge in [0.05, 0.1) is 6.54 Å². The minimum Gasteiger partial charge on any atom is -0.339 e. The number of amides is 5. The largest absolute Gasteiger partial charge is 0.339 e. The average Bonchev–Trinajstić information content (AvgIpc) is 2.92. The molecular formula is C13H15N3O4S. The lowest BCUT2D eigenvalue weighted by Gasteiger charge is -2.20. The van der Waals surface area contributed by atoms with Crippen LogP contribution in [0.15, 0.2) is 11.4 Å². The van der Waals surface area contributed by atoms with Crippen LogP contribution in [0.5, 0.6) is 0 Å². The number of nitrogens with zero attached hydrogens (tertiary/aromatic N) is 3. The molecule has 0 atom stereocenters. The van der Waals surface area contributed by atoms with Gasteiger partial charge in [0.25, 0.3) is 0 Å². The monoisotopic (exact) mass is 309 g/mol. The van der Waals surface area contributed by atoms with Crippen molar-refractivity contribution in [1.29, 1.82) is 0 Å². The number of thiophene rings is 1. The lowest BCUT2D eigenvalue weighted by atomic mass is 10.3. The van der Waals surface area contributed by atoms with Gasteiger partial charge in [0, 0.05) is 19.0 Å². The highest BCUT2D eigenvalue weighted by Crippen LogP contribution is 2.17. The van der Waals surface area contributed by atoms with Crippen molar-refractivity contribution < 1.29 is 19.2 Å². The summed E-state index contributed by atoms with van der Waals surface area (Å²) >= 11 is 1.54. The first-order valence-corrected chi connectivity index (χ1v) is 7.11. The topological polar surface area (TPSA) is 78.0 Å². The molecule has 0 saturated carbocycles. The fourth-order valence-electron chi connectivity index (χ4n) is 1.88. The van der Waals surface area contributed by atoms with Gasteiger partial charge in [0.1, 0.15) is 6.54 Å². The summed E-state index contributed by atoms with van der Waals surface area (Å²) in [6.45, 7) is 1.93. The van der Waals surface area contributed by atoms with Crippen LogP contribution in [0.4, 0.5) is 4.79 Å². The highest BCUT2D eigenvalue weighted by molar-refractivity contribution is 7.10. The minimum atomic E-state index is -0.962. The van der Waals surface area contributed by atoms with E-state index >= 15 is 0 Å². The molecule has 21 heavy (non-hydrogen) atoms. The third kappa shape index (κ3) is 2.80. The van der Waals surface area contributed by atoms with Crippen LogP contribution in [0.1, 0.15) is 10.4 Å². The summed E-state index contributed by atoms with van der Waals surface area (Å²) in [5.74, 6) is -2.27. The summed E-state index contributed by atoms with van der Waals surface area (Å²) in [5.41, 5.74) is 1.09. The van der Waals surface area contributed by atoms with Gasteiger partial charge in [-0.1, -0.05) is 0 Å². The van der Waals surface area contributed by atoms with Crippen LogP contribution in [0.2, 0.25) is 0 Å². The predicted octanol–water partition coefficient (Wildman–Crippen LogP) is 0.436. The normalized spacial score (nSPS) is 15.1. The van der Waals surface area contributed by atoms with E-state index in [0.29, 0.717) is 16.3 Å². The van der Waals surface area contributed by atoms with Gasteiger partial charge >= 0.3 is 17.8 Å². The molecule has 0 bridgehead atoms. The maximum atomic E-state index is 12.1. The first-order chi connectivity index (χ1) is 9.82. The Balaban J connectivity index is 2.01. The Hall–Kier alpha value is -2.22. The molecule has 1 aliphatic rings. The lowest BCUT2D eigenvalue weighted by molar-refractivity contribution is -0.144. The fourth-order valence-corrected chi connectivity index (χ4v) is 2.84. The highest BCUT2D eigenvalue weighted by Gasteiger charge is 2.43. The second-order valence-corrected chi connectivity index (χ2v) is 5.82. The van der Waals surface area contributed by atoms with Crippen molar-refractivity contribution >= 4 is 35.1 Å². The van der Waals surface area contributed by atoms with E-state index in [2.05, 4.69) is 0 Å². The van der Waals surface area contributed by atoms with Crippen LogP contribution in [0.3, 0.4) is 0 Å². The molecule has 5 amide bonds. The number of likely N-dealkylation sites (N-methyl/N-ethyl adjacent to an activating group) is 2. The maximum absolute atomic E-state index is 12.1. The molecule has 1 fully saturated rings. The zero-order valence-corrected chi connectivity index (χ0v) is 12.8. The van der Waals surface area contributed by atoms with Crippen LogP contribution in [-0.4, -0.2) is 59.1 Å². The number of imide groups is 2. The smallest absolute Gasteiger partial charge is 0.334 e. The first-order valence-electron chi connectivity index (χ1n) is 6.23. The Morgan fingerprint density at radius 2 is 1.95 bits per heavy atom. The Kier molecular flexibility index (Phi) is 4.08. The maximum Gasteiger partial charge on any atom is 0.334 e. The molecule has 1 aromatic rings. The SMILES string of the molecule is Cc1ccsc1CN(C)C(=O)CN1C(=O)C(=O)N(C)C1=O. The molecular weight excluding hydrogens is 294 g/mol. The third-order valence-electron chi connectivity index (χ3n) is 3.32. The van der Waals surface area contributed by atoms with Crippen molar-refractivity contribution in [2.24, 2.45) is 0 Å². The molecule has 0 spiro atoms. The van der Waals surface area contributed by atoms with Gasteiger partial charge in [-0.3, -0.25) is 19.3 Å². The fraction of sp³-hybridized carbons (Fsp3) is 0.385. The van der Waals surface area contributed by atoms with Crippen molar-refractivity contribution in [1.82, 2.24) is 14.7 Å². The van der Waals surface area contributed by atoms with Gasteiger partial charge in [0.2, 0.25) is 5.91 Å². The van der Waals surface area contributed by atoms with Gasteiger partial charge in [-0.05, 0) is 23.9 Å². The molecule has 0 aliphatic carbocycles. The summed E-state index contributed by atoms with van der Waals surface area (Å²) in [6.07, 6.45) is 0. The van der Waals surface area contributed by atoms with Crippen molar-refractivity contribution in [3.8, 4) is 0 Å². The molecule has 1 aliphatic heterocycles. The van der Waals surface area contributed by atoms with Crippen LogP contribution < -0.4 is 0 Å². The number of carbonyl (C=O) groups excluding carboxylic acids is 4. The van der Waals surface area contributed by atoms with Gasteiger partial charge in [-0.2, -0.15) is 0 Å². The summed E-state index contributed by atoms with van der Waals surface area (Å²) in [5, 5.41) is 1.93. The molecule has 8 heteroatoms. The van der Waals surface area contributed by atoms with Crippen molar-refractivity contribution in [2.45, 2.75) is 13.5 Å². The standard InChI is InChI=1S/C13H15N3O4S/c1-8-4-5-21-9(8)6-14(2)10(17)7-16-12(19)11(18)15(3)13(16)20/h4-5H,6-7H2,1-3H3. The zero-order chi connectivity index (χ0) is 15.7. The van der Waals surface area contributed by atoms with Crippen LogP contribution >= 0.6 is 11.3 Å². The van der Waals surface area contributed by atoms with E-state index in [1.54, 1.807) is 7.05 Å². The summed E-state index contributed by atoms with van der Waals surface area (Å²) in [7, 11) is 2.81. The molecule has 2 rings (SSSR count). The second-order valence-electron chi connectivity index (χ2n) is 4.81. The van der Waals surface area contributed by atoms with Gasteiger partial charge < -0.3 is 4.90 Å². The predicted molar refractivity (Wildman–Crippen MR) is 75.4 cm³/mol. The number of aryl methyl sites for hydroxylation is 1. The van der Waals surface area contributed by atoms with E-state index in [1.165, 1.54) is 23.3 Å². The van der Waals surface area contributed by atoms with E-state index < -0.39 is 30.3 Å². The summed E-state index contributed by atoms with van der Waals surface area (Å²) < 4.78 is 0. The van der Waals surface area contributed by atoms with E-state index in [0.717, 1.165) is 10.4 Å². The Morgan fingerprint density at radius 1 is 1.29 bits per heavy atom. The molecule has 0 N–H and O–H groups in total. The highest BCUT2D eigenvalue weighted by atomic mass is 32.1. The minimum absolute atomic E-state index is 0.396. The van der Waals surface area contributed by atoms with Crippen LogP contribution in [0.25, 0.3) is 0 Å². The van der Waals surface area contributed by atoms with Crippen molar-refractivity contribution in [3.63, 3.8) is 0 Å². The second kappa shape index (κ2) is 5.65. The Morgan fingerprint density at radius 3 is 2.43 bits per heavy atom. The molecule has 2 heterocycles. The summed E-state index contributed by atoms with van der Waals surface area (Å²) in [4.78, 5) is 50.6. The van der Waals surface area contributed by atoms with E-state index in [-0.39, 0.29) is 0 Å². The van der Waals surface area contributed by atoms with E-state index in [9.17, 15) is 19.2 Å². The number of hydrogen-bond donors (Lipinski definition) is 0. The Bertz CT molecular complexity index is 625. The average molecular weight is 309 g/mol. The lowest BCUT2D eigenvalue weighted by Crippen LogP contribution is -2.41. The number of hydrogen-bond acceptors (Lipinski definition) is 5. The molecule has 0 aromatic carbocycles. The number of rotatable bonds is 4. The Labute approximate surface area is 125 Å². The van der Waals surface area contributed by atoms with Crippen molar-refractivity contribution in [3.05, 3.63) is 21.9 Å². The molecule has 0 radical (unpaired) electrons. The van der Waals surface area contributed by atoms with Crippen LogP contribution in [-0.2, 0) is 20.9 Å². The molecule has 112 valence electrons. The van der Waals surface area contributed by atoms with Gasteiger partial charge in [-0.25, -0.2) is 9.69 Å². The molecule has 7 nitrogen and oxygen atoms in total. The first kappa shape index (κ1) is 15.2. The molecule has 1 aromatic heterocycles. The van der Waals surface area contributed by atoms with Crippen molar-refractivity contribution in [2.75, 3.05) is 20.6 Å². The van der Waals surface area contributed by atoms with Crippen LogP contribution in [0, 0.1) is 6.92 Å². The van der Waals surface area contributed by atoms with E-state index in [1.807, 2.05) is 18.4 Å². The third-order valence-corrected chi connectivity index (χ3v) is 4.33.